The zero-order valence-corrected chi connectivity index (χ0v) is 15.1. The molecule has 1 saturated heterocycles. The number of nitrogens with zero attached hydrogens (tertiary/aromatic N) is 5. The smallest absolute Gasteiger partial charge is 0.274 e. The number of aromatic nitrogens is 4. The molecule has 8 heteroatoms. The first-order valence-corrected chi connectivity index (χ1v) is 9.36. The monoisotopic (exact) mass is 359 g/mol. The molecule has 2 fully saturated rings. The Morgan fingerprint density at radius 2 is 2.15 bits per heavy atom. The van der Waals surface area contributed by atoms with Crippen molar-refractivity contribution in [3.63, 3.8) is 0 Å². The number of carbonyl (C=O) groups excluding carboxylic acids is 1. The van der Waals surface area contributed by atoms with Gasteiger partial charge in [0.05, 0.1) is 18.9 Å². The lowest BCUT2D eigenvalue weighted by atomic mass is 10.00. The third-order valence-electron chi connectivity index (χ3n) is 5.22. The van der Waals surface area contributed by atoms with Crippen LogP contribution in [0.4, 0.5) is 0 Å². The molecule has 3 heterocycles. The van der Waals surface area contributed by atoms with Gasteiger partial charge in [0.1, 0.15) is 5.69 Å². The van der Waals surface area contributed by atoms with Crippen molar-refractivity contribution >= 4 is 5.91 Å². The van der Waals surface area contributed by atoms with Gasteiger partial charge in [-0.2, -0.15) is 4.98 Å². The second kappa shape index (κ2) is 7.57. The molecule has 4 rings (SSSR count). The molecule has 0 radical (unpaired) electrons. The van der Waals surface area contributed by atoms with Crippen LogP contribution < -0.4 is 0 Å². The number of amides is 1. The summed E-state index contributed by atoms with van der Waals surface area (Å²) in [7, 11) is 1.85. The highest BCUT2D eigenvalue weighted by molar-refractivity contribution is 5.92. The summed E-state index contributed by atoms with van der Waals surface area (Å²) >= 11 is 0. The maximum atomic E-state index is 12.3. The van der Waals surface area contributed by atoms with Gasteiger partial charge in [-0.15, -0.1) is 0 Å². The molecule has 140 valence electrons. The van der Waals surface area contributed by atoms with Gasteiger partial charge in [0.15, 0.2) is 5.82 Å². The van der Waals surface area contributed by atoms with E-state index >= 15 is 0 Å². The molecule has 0 bridgehead atoms. The molecular formula is C18H25N5O3. The minimum Gasteiger partial charge on any atom is -0.381 e. The van der Waals surface area contributed by atoms with Crippen LogP contribution in [0.5, 0.6) is 0 Å². The Labute approximate surface area is 152 Å². The number of hydrogen-bond donors (Lipinski definition) is 0. The Bertz CT molecular complexity index is 744. The molecular weight excluding hydrogens is 334 g/mol. The lowest BCUT2D eigenvalue weighted by Gasteiger charge is -2.36. The summed E-state index contributed by atoms with van der Waals surface area (Å²) in [6.45, 7) is 2.66. The van der Waals surface area contributed by atoms with E-state index in [1.807, 2.05) is 7.05 Å². The summed E-state index contributed by atoms with van der Waals surface area (Å²) in [6, 6.07) is 0. The molecule has 8 nitrogen and oxygen atoms in total. The SMILES string of the molecule is Cn1cnc(C(=O)N2CC(c3nc(CCOCC4CCCC4)no3)C2)c1. The number of aryl methyl sites for hydroxylation is 1. The van der Waals surface area contributed by atoms with E-state index in [1.165, 1.54) is 25.7 Å². The molecule has 2 aromatic rings. The van der Waals surface area contributed by atoms with E-state index in [9.17, 15) is 4.79 Å². The van der Waals surface area contributed by atoms with Gasteiger partial charge in [-0.25, -0.2) is 4.98 Å². The van der Waals surface area contributed by atoms with Gasteiger partial charge in [-0.3, -0.25) is 4.79 Å². The van der Waals surface area contributed by atoms with Crippen molar-refractivity contribution in [2.45, 2.75) is 38.0 Å². The predicted molar refractivity (Wildman–Crippen MR) is 92.6 cm³/mol. The predicted octanol–water partition coefficient (Wildman–Crippen LogP) is 1.79. The first-order chi connectivity index (χ1) is 12.7. The summed E-state index contributed by atoms with van der Waals surface area (Å²) < 4.78 is 12.9. The Hall–Kier alpha value is -2.22. The van der Waals surface area contributed by atoms with Gasteiger partial charge in [0.25, 0.3) is 5.91 Å². The molecule has 2 aromatic heterocycles. The Morgan fingerprint density at radius 3 is 2.88 bits per heavy atom. The van der Waals surface area contributed by atoms with Gasteiger partial charge in [-0.05, 0) is 18.8 Å². The van der Waals surface area contributed by atoms with Crippen LogP contribution in [-0.4, -0.2) is 56.8 Å². The average molecular weight is 359 g/mol. The van der Waals surface area contributed by atoms with Gasteiger partial charge >= 0.3 is 0 Å². The molecule has 0 aromatic carbocycles. The van der Waals surface area contributed by atoms with Crippen molar-refractivity contribution in [3.8, 4) is 0 Å². The maximum absolute atomic E-state index is 12.3. The maximum Gasteiger partial charge on any atom is 0.274 e. The molecule has 0 atom stereocenters. The fraction of sp³-hybridized carbons (Fsp3) is 0.667. The number of carbonyl (C=O) groups is 1. The lowest BCUT2D eigenvalue weighted by molar-refractivity contribution is 0.0563. The molecule has 0 unspecified atom stereocenters. The van der Waals surface area contributed by atoms with Gasteiger partial charge in [-0.1, -0.05) is 18.0 Å². The van der Waals surface area contributed by atoms with Crippen LogP contribution in [0.2, 0.25) is 0 Å². The van der Waals surface area contributed by atoms with Crippen LogP contribution in [0.1, 0.15) is 53.8 Å². The molecule has 1 amide bonds. The fourth-order valence-electron chi connectivity index (χ4n) is 3.61. The van der Waals surface area contributed by atoms with Crippen molar-refractivity contribution in [3.05, 3.63) is 29.9 Å². The highest BCUT2D eigenvalue weighted by Gasteiger charge is 2.36. The van der Waals surface area contributed by atoms with Gasteiger partial charge < -0.3 is 18.7 Å². The van der Waals surface area contributed by atoms with Crippen LogP contribution in [0.15, 0.2) is 17.0 Å². The Kier molecular flexibility index (Phi) is 5.01. The third kappa shape index (κ3) is 3.80. The molecule has 0 N–H and O–H groups in total. The number of rotatable bonds is 7. The number of ether oxygens (including phenoxy) is 1. The molecule has 0 spiro atoms. The van der Waals surface area contributed by atoms with Crippen molar-refractivity contribution in [2.24, 2.45) is 13.0 Å². The first kappa shape index (κ1) is 17.2. The standard InChI is InChI=1S/C18H25N5O3/c1-22-10-15(19-12-22)18(24)23-8-14(9-23)17-20-16(21-26-17)6-7-25-11-13-4-2-3-5-13/h10,12-14H,2-9,11H2,1H3. The topological polar surface area (TPSA) is 86.3 Å². The fourth-order valence-corrected chi connectivity index (χ4v) is 3.61. The van der Waals surface area contributed by atoms with E-state index in [0.717, 1.165) is 12.5 Å². The summed E-state index contributed by atoms with van der Waals surface area (Å²) in [5.74, 6) is 2.08. The molecule has 1 aliphatic carbocycles. The van der Waals surface area contributed by atoms with Crippen LogP contribution in [-0.2, 0) is 18.2 Å². The minimum absolute atomic E-state index is 0.0538. The number of hydrogen-bond acceptors (Lipinski definition) is 6. The highest BCUT2D eigenvalue weighted by Crippen LogP contribution is 2.27. The van der Waals surface area contributed by atoms with Crippen molar-refractivity contribution < 1.29 is 14.1 Å². The first-order valence-electron chi connectivity index (χ1n) is 9.36. The Balaban J connectivity index is 1.20. The second-order valence-corrected chi connectivity index (χ2v) is 7.36. The van der Waals surface area contributed by atoms with Gasteiger partial charge in [0, 0.05) is 39.4 Å². The molecule has 1 aliphatic heterocycles. The van der Waals surface area contributed by atoms with Crippen LogP contribution in [0, 0.1) is 5.92 Å². The Morgan fingerprint density at radius 1 is 1.35 bits per heavy atom. The van der Waals surface area contributed by atoms with E-state index < -0.39 is 0 Å². The summed E-state index contributed by atoms with van der Waals surface area (Å²) in [5, 5.41) is 4.03. The van der Waals surface area contributed by atoms with Gasteiger partial charge in [0.2, 0.25) is 5.89 Å². The number of likely N-dealkylation sites (tertiary alicyclic amines) is 1. The average Bonchev–Trinajstić information content (AvgIpc) is 3.32. The lowest BCUT2D eigenvalue weighted by Crippen LogP contribution is -2.48. The van der Waals surface area contributed by atoms with E-state index in [0.29, 0.717) is 43.5 Å². The zero-order valence-electron chi connectivity index (χ0n) is 15.1. The second-order valence-electron chi connectivity index (χ2n) is 7.36. The highest BCUT2D eigenvalue weighted by atomic mass is 16.5. The summed E-state index contributed by atoms with van der Waals surface area (Å²) in [4.78, 5) is 22.6. The molecule has 1 saturated carbocycles. The van der Waals surface area contributed by atoms with E-state index in [4.69, 9.17) is 9.26 Å². The van der Waals surface area contributed by atoms with Crippen LogP contribution in [0.3, 0.4) is 0 Å². The van der Waals surface area contributed by atoms with Crippen molar-refractivity contribution in [1.29, 1.82) is 0 Å². The number of imidazole rings is 1. The normalized spacial score (nSPS) is 18.4. The summed E-state index contributed by atoms with van der Waals surface area (Å²) in [5.41, 5.74) is 0.469. The van der Waals surface area contributed by atoms with E-state index in [2.05, 4.69) is 15.1 Å². The van der Waals surface area contributed by atoms with E-state index in [-0.39, 0.29) is 11.8 Å². The third-order valence-corrected chi connectivity index (χ3v) is 5.22. The van der Waals surface area contributed by atoms with Crippen LogP contribution in [0.25, 0.3) is 0 Å². The minimum atomic E-state index is -0.0538. The van der Waals surface area contributed by atoms with E-state index in [1.54, 1.807) is 22.0 Å². The summed E-state index contributed by atoms with van der Waals surface area (Å²) in [6.07, 6.45) is 9.28. The van der Waals surface area contributed by atoms with Crippen LogP contribution >= 0.6 is 0 Å². The molecule has 2 aliphatic rings. The quantitative estimate of drug-likeness (QED) is 0.701. The largest absolute Gasteiger partial charge is 0.381 e. The molecule has 26 heavy (non-hydrogen) atoms. The van der Waals surface area contributed by atoms with Crippen molar-refractivity contribution in [1.82, 2.24) is 24.6 Å². The van der Waals surface area contributed by atoms with Crippen molar-refractivity contribution in [2.75, 3.05) is 26.3 Å². The zero-order chi connectivity index (χ0) is 17.9.